The van der Waals surface area contributed by atoms with E-state index >= 15 is 0 Å². The topological polar surface area (TPSA) is 38.3 Å². The van der Waals surface area contributed by atoms with Crippen LogP contribution in [0.25, 0.3) is 0 Å². The van der Waals surface area contributed by atoms with Crippen LogP contribution < -0.4 is 5.32 Å². The molecule has 0 unspecified atom stereocenters. The fraction of sp³-hybridized carbons (Fsp3) is 0.611. The number of hydrogen-bond donors (Lipinski definition) is 1. The number of ether oxygens (including phenoxy) is 1. The lowest BCUT2D eigenvalue weighted by Crippen LogP contribution is -2.25. The summed E-state index contributed by atoms with van der Waals surface area (Å²) in [5.74, 6) is -0.130. The second kappa shape index (κ2) is 8.06. The zero-order valence-corrected chi connectivity index (χ0v) is 13.3. The molecule has 1 aliphatic rings. The summed E-state index contributed by atoms with van der Waals surface area (Å²) < 4.78 is 5.56. The second-order valence-electron chi connectivity index (χ2n) is 5.76. The molecule has 0 heterocycles. The van der Waals surface area contributed by atoms with Crippen LogP contribution >= 0.6 is 0 Å². The standard InChI is InChI=1S/C18H27NO2/c1-3-14-9-8-10-15(4-2)18(14)19-13-17(20)21-16-11-6-5-7-12-16/h8-10,16,19H,3-7,11-13H2,1-2H3. The molecule has 0 atom stereocenters. The summed E-state index contributed by atoms with van der Waals surface area (Å²) in [5, 5.41) is 3.30. The third kappa shape index (κ3) is 4.48. The first-order valence-electron chi connectivity index (χ1n) is 8.28. The number of carbonyl (C=O) groups excluding carboxylic acids is 1. The van der Waals surface area contributed by atoms with Crippen LogP contribution in [0.3, 0.4) is 0 Å². The van der Waals surface area contributed by atoms with Gasteiger partial charge in [-0.05, 0) is 49.7 Å². The fourth-order valence-electron chi connectivity index (χ4n) is 3.04. The van der Waals surface area contributed by atoms with Crippen molar-refractivity contribution >= 4 is 11.7 Å². The lowest BCUT2D eigenvalue weighted by atomic mass is 9.98. The number of anilines is 1. The normalized spacial score (nSPS) is 15.7. The van der Waals surface area contributed by atoms with Crippen molar-refractivity contribution in [3.8, 4) is 0 Å². The predicted octanol–water partition coefficient (Wildman–Crippen LogP) is 4.10. The molecule has 3 nitrogen and oxygen atoms in total. The van der Waals surface area contributed by atoms with Gasteiger partial charge in [0, 0.05) is 5.69 Å². The van der Waals surface area contributed by atoms with E-state index in [1.807, 2.05) is 0 Å². The van der Waals surface area contributed by atoms with Crippen LogP contribution in [-0.2, 0) is 22.4 Å². The summed E-state index contributed by atoms with van der Waals surface area (Å²) in [7, 11) is 0. The van der Waals surface area contributed by atoms with Crippen molar-refractivity contribution in [2.45, 2.75) is 64.9 Å². The third-order valence-electron chi connectivity index (χ3n) is 4.26. The van der Waals surface area contributed by atoms with Crippen molar-refractivity contribution in [1.82, 2.24) is 0 Å². The summed E-state index contributed by atoms with van der Waals surface area (Å²) in [6.45, 7) is 4.54. The predicted molar refractivity (Wildman–Crippen MR) is 86.7 cm³/mol. The van der Waals surface area contributed by atoms with Crippen LogP contribution in [-0.4, -0.2) is 18.6 Å². The average Bonchev–Trinajstić information content (AvgIpc) is 2.53. The van der Waals surface area contributed by atoms with Gasteiger partial charge in [0.05, 0.1) is 0 Å². The quantitative estimate of drug-likeness (QED) is 0.801. The number of rotatable bonds is 6. The second-order valence-corrected chi connectivity index (χ2v) is 5.76. The Labute approximate surface area is 128 Å². The molecule has 1 fully saturated rings. The first kappa shape index (κ1) is 15.9. The smallest absolute Gasteiger partial charge is 0.325 e. The Morgan fingerprint density at radius 2 is 1.76 bits per heavy atom. The van der Waals surface area contributed by atoms with E-state index < -0.39 is 0 Å². The van der Waals surface area contributed by atoms with E-state index in [0.717, 1.165) is 31.4 Å². The Balaban J connectivity index is 1.91. The summed E-state index contributed by atoms with van der Waals surface area (Å²) in [6.07, 6.45) is 7.76. The van der Waals surface area contributed by atoms with Crippen molar-refractivity contribution in [3.63, 3.8) is 0 Å². The lowest BCUT2D eigenvalue weighted by molar-refractivity contribution is -0.148. The zero-order valence-electron chi connectivity index (χ0n) is 13.3. The Bertz CT molecular complexity index is 442. The van der Waals surface area contributed by atoms with E-state index in [-0.39, 0.29) is 18.6 Å². The number of nitrogens with one attached hydrogen (secondary N) is 1. The zero-order chi connectivity index (χ0) is 15.1. The van der Waals surface area contributed by atoms with Gasteiger partial charge in [0.2, 0.25) is 0 Å². The monoisotopic (exact) mass is 289 g/mol. The summed E-state index contributed by atoms with van der Waals surface area (Å²) >= 11 is 0. The van der Waals surface area contributed by atoms with Crippen molar-refractivity contribution in [3.05, 3.63) is 29.3 Å². The van der Waals surface area contributed by atoms with E-state index in [1.165, 1.54) is 30.4 Å². The molecular weight excluding hydrogens is 262 g/mol. The Morgan fingerprint density at radius 1 is 1.14 bits per heavy atom. The van der Waals surface area contributed by atoms with Gasteiger partial charge >= 0.3 is 5.97 Å². The SMILES string of the molecule is CCc1cccc(CC)c1NCC(=O)OC1CCCCC1. The van der Waals surface area contributed by atoms with Gasteiger partial charge in [-0.15, -0.1) is 0 Å². The molecule has 0 aliphatic heterocycles. The molecule has 1 saturated carbocycles. The molecule has 0 bridgehead atoms. The van der Waals surface area contributed by atoms with Crippen molar-refractivity contribution in [1.29, 1.82) is 0 Å². The Hall–Kier alpha value is -1.51. The van der Waals surface area contributed by atoms with Crippen molar-refractivity contribution in [2.75, 3.05) is 11.9 Å². The number of esters is 1. The molecule has 1 aromatic carbocycles. The minimum absolute atomic E-state index is 0.130. The van der Waals surface area contributed by atoms with Crippen LogP contribution in [0.4, 0.5) is 5.69 Å². The molecule has 1 N–H and O–H groups in total. The van der Waals surface area contributed by atoms with Gasteiger partial charge in [-0.25, -0.2) is 0 Å². The number of carbonyl (C=O) groups is 1. The molecule has 0 saturated heterocycles. The van der Waals surface area contributed by atoms with Crippen molar-refractivity contribution in [2.24, 2.45) is 0 Å². The van der Waals surface area contributed by atoms with E-state index in [9.17, 15) is 4.79 Å². The molecule has 3 heteroatoms. The largest absolute Gasteiger partial charge is 0.461 e. The van der Waals surface area contributed by atoms with E-state index in [4.69, 9.17) is 4.74 Å². The van der Waals surface area contributed by atoms with Crippen LogP contribution in [0.15, 0.2) is 18.2 Å². The van der Waals surface area contributed by atoms with Gasteiger partial charge in [0.1, 0.15) is 12.6 Å². The number of aryl methyl sites for hydroxylation is 2. The van der Waals surface area contributed by atoms with Crippen LogP contribution in [0.1, 0.15) is 57.1 Å². The summed E-state index contributed by atoms with van der Waals surface area (Å²) in [4.78, 5) is 12.0. The maximum Gasteiger partial charge on any atom is 0.325 e. The molecule has 0 spiro atoms. The first-order chi connectivity index (χ1) is 10.2. The van der Waals surface area contributed by atoms with Gasteiger partial charge in [-0.1, -0.05) is 38.5 Å². The maximum atomic E-state index is 12.0. The van der Waals surface area contributed by atoms with Crippen LogP contribution in [0.5, 0.6) is 0 Å². The van der Waals surface area contributed by atoms with E-state index in [2.05, 4.69) is 37.4 Å². The number of hydrogen-bond acceptors (Lipinski definition) is 3. The average molecular weight is 289 g/mol. The Kier molecular flexibility index (Phi) is 6.09. The molecule has 1 aromatic rings. The van der Waals surface area contributed by atoms with Gasteiger partial charge in [0.25, 0.3) is 0 Å². The molecule has 116 valence electrons. The minimum atomic E-state index is -0.130. The molecule has 0 amide bonds. The maximum absolute atomic E-state index is 12.0. The minimum Gasteiger partial charge on any atom is -0.461 e. The van der Waals surface area contributed by atoms with Gasteiger partial charge < -0.3 is 10.1 Å². The fourth-order valence-corrected chi connectivity index (χ4v) is 3.04. The lowest BCUT2D eigenvalue weighted by Gasteiger charge is -2.22. The first-order valence-corrected chi connectivity index (χ1v) is 8.28. The highest BCUT2D eigenvalue weighted by Gasteiger charge is 2.17. The highest BCUT2D eigenvalue weighted by Crippen LogP contribution is 2.23. The number of para-hydroxylation sites is 1. The molecule has 1 aliphatic carbocycles. The molecule has 2 rings (SSSR count). The molecule has 21 heavy (non-hydrogen) atoms. The highest BCUT2D eigenvalue weighted by atomic mass is 16.5. The van der Waals surface area contributed by atoms with Crippen LogP contribution in [0.2, 0.25) is 0 Å². The van der Waals surface area contributed by atoms with Gasteiger partial charge in [-0.2, -0.15) is 0 Å². The van der Waals surface area contributed by atoms with Gasteiger partial charge in [-0.3, -0.25) is 4.79 Å². The Morgan fingerprint density at radius 3 is 2.33 bits per heavy atom. The van der Waals surface area contributed by atoms with E-state index in [1.54, 1.807) is 0 Å². The van der Waals surface area contributed by atoms with E-state index in [0.29, 0.717) is 0 Å². The van der Waals surface area contributed by atoms with Crippen LogP contribution in [0, 0.1) is 0 Å². The van der Waals surface area contributed by atoms with Gasteiger partial charge in [0.15, 0.2) is 0 Å². The molecule has 0 radical (unpaired) electrons. The highest BCUT2D eigenvalue weighted by molar-refractivity contribution is 5.76. The summed E-state index contributed by atoms with van der Waals surface area (Å²) in [5.41, 5.74) is 3.64. The van der Waals surface area contributed by atoms with Crippen molar-refractivity contribution < 1.29 is 9.53 Å². The number of benzene rings is 1. The molecule has 0 aromatic heterocycles. The molecular formula is C18H27NO2. The summed E-state index contributed by atoms with van der Waals surface area (Å²) in [6, 6.07) is 6.32. The third-order valence-corrected chi connectivity index (χ3v) is 4.26.